The average Bonchev–Trinajstić information content (AvgIpc) is 2.42. The summed E-state index contributed by atoms with van der Waals surface area (Å²) in [6.07, 6.45) is 0.713. The van der Waals surface area contributed by atoms with E-state index in [1.807, 2.05) is 25.1 Å². The third kappa shape index (κ3) is 4.21. The van der Waals surface area contributed by atoms with Crippen LogP contribution in [0.3, 0.4) is 0 Å². The smallest absolute Gasteiger partial charge is 0.308 e. The van der Waals surface area contributed by atoms with Crippen LogP contribution in [0.5, 0.6) is 11.5 Å². The Morgan fingerprint density at radius 1 is 1.13 bits per heavy atom. The van der Waals surface area contributed by atoms with Gasteiger partial charge in [-0.1, -0.05) is 18.2 Å². The molecule has 0 aliphatic carbocycles. The van der Waals surface area contributed by atoms with E-state index in [9.17, 15) is 9.59 Å². The average molecular weight is 338 g/mol. The van der Waals surface area contributed by atoms with Crippen LogP contribution in [0, 0.1) is 6.92 Å². The molecular formula is C17H20ClNO4. The number of hydrogen-bond acceptors (Lipinski definition) is 5. The molecule has 0 amide bonds. The minimum atomic E-state index is -0.467. The van der Waals surface area contributed by atoms with Crippen LogP contribution in [-0.2, 0) is 16.0 Å². The minimum Gasteiger partial charge on any atom is -0.423 e. The first kappa shape index (κ1) is 18.9. The topological polar surface area (TPSA) is 78.6 Å². The van der Waals surface area contributed by atoms with Crippen molar-refractivity contribution in [1.82, 2.24) is 0 Å². The highest BCUT2D eigenvalue weighted by Crippen LogP contribution is 2.39. The number of nitrogens with two attached hydrogens (primary N) is 1. The molecule has 0 spiro atoms. The van der Waals surface area contributed by atoms with Gasteiger partial charge in [-0.25, -0.2) is 0 Å². The van der Waals surface area contributed by atoms with Gasteiger partial charge in [0.25, 0.3) is 0 Å². The van der Waals surface area contributed by atoms with Crippen molar-refractivity contribution >= 4 is 35.1 Å². The lowest BCUT2D eigenvalue weighted by atomic mass is 9.97. The van der Waals surface area contributed by atoms with E-state index in [1.165, 1.54) is 13.8 Å². The minimum absolute atomic E-state index is 0. The SMILES string of the molecule is CC(=O)Oc1cc2cccc(CCN)c2c(C)c1OC(C)=O.Cl. The number of rotatable bonds is 4. The van der Waals surface area contributed by atoms with Crippen molar-refractivity contribution in [3.63, 3.8) is 0 Å². The van der Waals surface area contributed by atoms with Crippen molar-refractivity contribution < 1.29 is 19.1 Å². The molecule has 23 heavy (non-hydrogen) atoms. The molecule has 5 nitrogen and oxygen atoms in total. The predicted octanol–water partition coefficient (Wildman–Crippen LogP) is 2.92. The Labute approximate surface area is 141 Å². The second-order valence-electron chi connectivity index (χ2n) is 5.07. The third-order valence-electron chi connectivity index (χ3n) is 3.32. The second kappa shape index (κ2) is 7.94. The molecule has 0 heterocycles. The summed E-state index contributed by atoms with van der Waals surface area (Å²) >= 11 is 0. The van der Waals surface area contributed by atoms with Gasteiger partial charge in [0.05, 0.1) is 0 Å². The van der Waals surface area contributed by atoms with E-state index in [-0.39, 0.29) is 23.9 Å². The molecule has 0 aromatic heterocycles. The van der Waals surface area contributed by atoms with Crippen molar-refractivity contribution in [2.24, 2.45) is 5.73 Å². The summed E-state index contributed by atoms with van der Waals surface area (Å²) < 4.78 is 10.5. The highest BCUT2D eigenvalue weighted by Gasteiger charge is 2.18. The lowest BCUT2D eigenvalue weighted by Gasteiger charge is -2.16. The second-order valence-corrected chi connectivity index (χ2v) is 5.07. The van der Waals surface area contributed by atoms with Crippen molar-refractivity contribution in [2.45, 2.75) is 27.2 Å². The molecule has 0 bridgehead atoms. The molecule has 0 saturated carbocycles. The van der Waals surface area contributed by atoms with Crippen molar-refractivity contribution in [1.29, 1.82) is 0 Å². The van der Waals surface area contributed by atoms with E-state index in [4.69, 9.17) is 15.2 Å². The van der Waals surface area contributed by atoms with Crippen LogP contribution in [0.25, 0.3) is 10.8 Å². The molecule has 0 aliphatic rings. The van der Waals surface area contributed by atoms with Crippen LogP contribution in [0.1, 0.15) is 25.0 Å². The van der Waals surface area contributed by atoms with Gasteiger partial charge in [0.2, 0.25) is 0 Å². The van der Waals surface area contributed by atoms with Crippen LogP contribution >= 0.6 is 12.4 Å². The molecule has 6 heteroatoms. The van der Waals surface area contributed by atoms with Crippen molar-refractivity contribution in [3.05, 3.63) is 35.4 Å². The van der Waals surface area contributed by atoms with Gasteiger partial charge in [-0.05, 0) is 42.3 Å². The maximum atomic E-state index is 11.4. The van der Waals surface area contributed by atoms with Gasteiger partial charge in [-0.15, -0.1) is 12.4 Å². The lowest BCUT2D eigenvalue weighted by molar-refractivity contribution is -0.134. The van der Waals surface area contributed by atoms with E-state index in [0.717, 1.165) is 21.9 Å². The number of carbonyl (C=O) groups excluding carboxylic acids is 2. The number of fused-ring (bicyclic) bond motifs is 1. The highest BCUT2D eigenvalue weighted by atomic mass is 35.5. The first-order chi connectivity index (χ1) is 10.4. The quantitative estimate of drug-likeness (QED) is 0.685. The first-order valence-corrected chi connectivity index (χ1v) is 7.06. The maximum absolute atomic E-state index is 11.4. The number of hydrogen-bond donors (Lipinski definition) is 1. The van der Waals surface area contributed by atoms with E-state index in [1.54, 1.807) is 6.07 Å². The van der Waals surface area contributed by atoms with Crippen molar-refractivity contribution in [2.75, 3.05) is 6.54 Å². The molecule has 2 N–H and O–H groups in total. The molecule has 2 rings (SSSR count). The number of ether oxygens (including phenoxy) is 2. The summed E-state index contributed by atoms with van der Waals surface area (Å²) in [5, 5.41) is 1.88. The van der Waals surface area contributed by atoms with Gasteiger partial charge in [0.15, 0.2) is 11.5 Å². The van der Waals surface area contributed by atoms with Crippen LogP contribution in [-0.4, -0.2) is 18.5 Å². The Morgan fingerprint density at radius 2 is 1.78 bits per heavy atom. The zero-order valence-corrected chi connectivity index (χ0v) is 14.2. The fourth-order valence-electron chi connectivity index (χ4n) is 2.57. The van der Waals surface area contributed by atoms with Crippen molar-refractivity contribution in [3.8, 4) is 11.5 Å². The third-order valence-corrected chi connectivity index (χ3v) is 3.32. The van der Waals surface area contributed by atoms with Gasteiger partial charge in [-0.2, -0.15) is 0 Å². The van der Waals surface area contributed by atoms with Gasteiger partial charge < -0.3 is 15.2 Å². The van der Waals surface area contributed by atoms with Crippen LogP contribution in [0.15, 0.2) is 24.3 Å². The zero-order valence-electron chi connectivity index (χ0n) is 13.3. The molecule has 0 atom stereocenters. The molecule has 0 unspecified atom stereocenters. The van der Waals surface area contributed by atoms with Gasteiger partial charge >= 0.3 is 11.9 Å². The molecule has 2 aromatic rings. The molecule has 0 aliphatic heterocycles. The number of carbonyl (C=O) groups is 2. The summed E-state index contributed by atoms with van der Waals surface area (Å²) in [7, 11) is 0. The molecular weight excluding hydrogens is 318 g/mol. The Balaban J connectivity index is 0.00000264. The van der Waals surface area contributed by atoms with Gasteiger partial charge in [-0.3, -0.25) is 9.59 Å². The number of halogens is 1. The van der Waals surface area contributed by atoms with Crippen LogP contribution in [0.4, 0.5) is 0 Å². The van der Waals surface area contributed by atoms with E-state index < -0.39 is 11.9 Å². The van der Waals surface area contributed by atoms with E-state index in [2.05, 4.69) is 0 Å². The van der Waals surface area contributed by atoms with E-state index in [0.29, 0.717) is 13.0 Å². The summed E-state index contributed by atoms with van der Waals surface area (Å²) in [5.41, 5.74) is 7.49. The first-order valence-electron chi connectivity index (χ1n) is 7.06. The Kier molecular flexibility index (Phi) is 6.54. The summed E-state index contributed by atoms with van der Waals surface area (Å²) in [4.78, 5) is 22.7. The lowest BCUT2D eigenvalue weighted by Crippen LogP contribution is -2.09. The summed E-state index contributed by atoms with van der Waals surface area (Å²) in [6.45, 7) is 4.98. The Hall–Kier alpha value is -2.11. The standard InChI is InChI=1S/C17H19NO4.ClH/c1-10-16-13(7-8-18)5-4-6-14(16)9-15(21-11(2)19)17(10)22-12(3)20;/h4-6,9H,7-8,18H2,1-3H3;1H. The number of benzene rings is 2. The zero-order chi connectivity index (χ0) is 16.3. The molecule has 0 fully saturated rings. The Bertz CT molecular complexity index is 743. The fraction of sp³-hybridized carbons (Fsp3) is 0.294. The van der Waals surface area contributed by atoms with Crippen LogP contribution in [0.2, 0.25) is 0 Å². The van der Waals surface area contributed by atoms with E-state index >= 15 is 0 Å². The fourth-order valence-corrected chi connectivity index (χ4v) is 2.57. The molecule has 2 aromatic carbocycles. The molecule has 0 radical (unpaired) electrons. The number of aryl methyl sites for hydroxylation is 1. The van der Waals surface area contributed by atoms with Gasteiger partial charge in [0, 0.05) is 19.4 Å². The normalized spacial score (nSPS) is 10.1. The van der Waals surface area contributed by atoms with Gasteiger partial charge in [0.1, 0.15) is 0 Å². The van der Waals surface area contributed by atoms with Crippen LogP contribution < -0.4 is 15.2 Å². The molecule has 124 valence electrons. The maximum Gasteiger partial charge on any atom is 0.308 e. The summed E-state index contributed by atoms with van der Waals surface area (Å²) in [6, 6.07) is 7.55. The molecule has 0 saturated heterocycles. The monoisotopic (exact) mass is 337 g/mol. The highest BCUT2D eigenvalue weighted by molar-refractivity contribution is 5.94. The summed E-state index contributed by atoms with van der Waals surface area (Å²) in [5.74, 6) is -0.408. The Morgan fingerprint density at radius 3 is 2.35 bits per heavy atom. The number of esters is 2. The predicted molar refractivity (Wildman–Crippen MR) is 91.3 cm³/mol. The largest absolute Gasteiger partial charge is 0.423 e.